The fourth-order valence-corrected chi connectivity index (χ4v) is 5.02. The van der Waals surface area contributed by atoms with Crippen molar-refractivity contribution >= 4 is 34.0 Å². The molecule has 0 bridgehead atoms. The van der Waals surface area contributed by atoms with Gasteiger partial charge in [-0.2, -0.15) is 13.2 Å². The lowest BCUT2D eigenvalue weighted by Gasteiger charge is -2.22. The lowest BCUT2D eigenvalue weighted by atomic mass is 10.0. The first kappa shape index (κ1) is 24.6. The Morgan fingerprint density at radius 1 is 0.946 bits per heavy atom. The normalized spacial score (nSPS) is 11.6. The summed E-state index contributed by atoms with van der Waals surface area (Å²) in [7, 11) is 0. The van der Waals surface area contributed by atoms with Crippen LogP contribution in [0, 0.1) is 12.7 Å². The fourth-order valence-electron chi connectivity index (χ4n) is 4.03. The van der Waals surface area contributed by atoms with Gasteiger partial charge in [0.15, 0.2) is 0 Å². The average molecular weight is 522 g/mol. The number of fused-ring (bicyclic) bond motifs is 1. The van der Waals surface area contributed by atoms with Gasteiger partial charge in [-0.05, 0) is 66.6 Å². The molecule has 0 N–H and O–H groups in total. The van der Waals surface area contributed by atoms with Gasteiger partial charge in [-0.15, -0.1) is 11.3 Å². The van der Waals surface area contributed by atoms with Crippen LogP contribution in [0.4, 0.5) is 23.2 Å². The minimum atomic E-state index is -4.42. The van der Waals surface area contributed by atoms with Gasteiger partial charge in [0.1, 0.15) is 11.5 Å². The number of aromatic nitrogens is 2. The van der Waals surface area contributed by atoms with Gasteiger partial charge < -0.3 is 4.90 Å². The predicted octanol–water partition coefficient (Wildman–Crippen LogP) is 7.67. The first-order valence-corrected chi connectivity index (χ1v) is 12.1. The van der Waals surface area contributed by atoms with E-state index >= 15 is 0 Å². The molecule has 5 aromatic rings. The number of hydrogen-bond donors (Lipinski definition) is 0. The lowest BCUT2D eigenvalue weighted by Crippen LogP contribution is -2.31. The number of hydrogen-bond acceptors (Lipinski definition) is 4. The van der Waals surface area contributed by atoms with Crippen molar-refractivity contribution in [1.29, 1.82) is 0 Å². The van der Waals surface area contributed by atoms with Gasteiger partial charge in [-0.3, -0.25) is 9.78 Å². The Balaban J connectivity index is 1.47. The molecule has 0 saturated carbocycles. The molecule has 0 spiro atoms. The highest BCUT2D eigenvalue weighted by atomic mass is 32.1. The van der Waals surface area contributed by atoms with Crippen LogP contribution in [0.25, 0.3) is 21.5 Å². The molecule has 2 aromatic heterocycles. The maximum atomic E-state index is 14.1. The minimum Gasteiger partial charge on any atom is -0.302 e. The number of halogens is 4. The Kier molecular flexibility index (Phi) is 6.47. The number of para-hydroxylation sites is 2. The van der Waals surface area contributed by atoms with E-state index in [0.717, 1.165) is 15.8 Å². The highest BCUT2D eigenvalue weighted by molar-refractivity contribution is 7.15. The standard InChI is InChI=1S/C28H19F4N3OS/c1-17-13-18(9-11-22(17)28(30,31)32)26-12-10-21(37-26)16-35(20-6-4-5-19(29)14-20)27(36)25-15-33-23-7-2-3-8-24(23)34-25/h2-15H,16H2,1H3. The molecule has 4 nitrogen and oxygen atoms in total. The van der Waals surface area contributed by atoms with Crippen LogP contribution >= 0.6 is 11.3 Å². The van der Waals surface area contributed by atoms with Crippen LogP contribution in [0.3, 0.4) is 0 Å². The van der Waals surface area contributed by atoms with Gasteiger partial charge in [0.2, 0.25) is 0 Å². The van der Waals surface area contributed by atoms with E-state index in [1.165, 1.54) is 59.7 Å². The Bertz CT molecular complexity index is 1610. The van der Waals surface area contributed by atoms with Crippen LogP contribution in [0.15, 0.2) is 85.1 Å². The first-order chi connectivity index (χ1) is 17.7. The second-order valence-electron chi connectivity index (χ2n) is 8.41. The third-order valence-corrected chi connectivity index (χ3v) is 6.94. The molecule has 0 unspecified atom stereocenters. The summed E-state index contributed by atoms with van der Waals surface area (Å²) in [5.41, 5.74) is 1.76. The number of nitrogens with zero attached hydrogens (tertiary/aromatic N) is 3. The number of carbonyl (C=O) groups excluding carboxylic acids is 1. The zero-order valence-electron chi connectivity index (χ0n) is 19.5. The molecule has 0 fully saturated rings. The van der Waals surface area contributed by atoms with Crippen molar-refractivity contribution in [3.63, 3.8) is 0 Å². The molecule has 37 heavy (non-hydrogen) atoms. The topological polar surface area (TPSA) is 46.1 Å². The summed E-state index contributed by atoms with van der Waals surface area (Å²) in [4.78, 5) is 25.2. The molecule has 186 valence electrons. The van der Waals surface area contributed by atoms with Crippen LogP contribution in [0.1, 0.15) is 26.5 Å². The fraction of sp³-hybridized carbons (Fsp3) is 0.107. The first-order valence-electron chi connectivity index (χ1n) is 11.3. The Morgan fingerprint density at radius 2 is 1.73 bits per heavy atom. The van der Waals surface area contributed by atoms with E-state index in [4.69, 9.17) is 0 Å². The molecular formula is C28H19F4N3OS. The summed E-state index contributed by atoms with van der Waals surface area (Å²) in [6.45, 7) is 1.54. The van der Waals surface area contributed by atoms with Gasteiger partial charge >= 0.3 is 6.18 Å². The maximum Gasteiger partial charge on any atom is 0.416 e. The van der Waals surface area contributed by atoms with Crippen molar-refractivity contribution in [2.24, 2.45) is 0 Å². The van der Waals surface area contributed by atoms with E-state index in [9.17, 15) is 22.4 Å². The monoisotopic (exact) mass is 521 g/mol. The Hall–Kier alpha value is -4.11. The highest BCUT2D eigenvalue weighted by Crippen LogP contribution is 2.36. The van der Waals surface area contributed by atoms with E-state index in [-0.39, 0.29) is 17.8 Å². The van der Waals surface area contributed by atoms with Gasteiger partial charge in [0, 0.05) is 15.4 Å². The van der Waals surface area contributed by atoms with Crippen LogP contribution in [0.2, 0.25) is 0 Å². The van der Waals surface area contributed by atoms with E-state index in [2.05, 4.69) is 9.97 Å². The van der Waals surface area contributed by atoms with Crippen LogP contribution in [0.5, 0.6) is 0 Å². The number of amides is 1. The molecule has 0 radical (unpaired) electrons. The van der Waals surface area contributed by atoms with Crippen molar-refractivity contribution in [3.8, 4) is 10.4 Å². The summed E-state index contributed by atoms with van der Waals surface area (Å²) >= 11 is 1.35. The molecule has 3 aromatic carbocycles. The number of rotatable bonds is 5. The zero-order valence-corrected chi connectivity index (χ0v) is 20.3. The van der Waals surface area contributed by atoms with Crippen LogP contribution < -0.4 is 4.90 Å². The average Bonchev–Trinajstić information content (AvgIpc) is 3.34. The number of anilines is 1. The van der Waals surface area contributed by atoms with Crippen molar-refractivity contribution in [2.45, 2.75) is 19.6 Å². The molecular weight excluding hydrogens is 502 g/mol. The molecule has 0 aliphatic carbocycles. The minimum absolute atomic E-state index is 0.109. The summed E-state index contributed by atoms with van der Waals surface area (Å²) in [5.74, 6) is -0.948. The number of alkyl halides is 3. The van der Waals surface area contributed by atoms with Crippen LogP contribution in [-0.4, -0.2) is 15.9 Å². The molecule has 1 amide bonds. The van der Waals surface area contributed by atoms with Gasteiger partial charge in [-0.1, -0.05) is 30.3 Å². The van der Waals surface area contributed by atoms with Crippen molar-refractivity contribution in [2.75, 3.05) is 4.90 Å². The van der Waals surface area contributed by atoms with E-state index in [0.29, 0.717) is 22.3 Å². The second-order valence-corrected chi connectivity index (χ2v) is 9.58. The molecule has 0 saturated heterocycles. The summed E-state index contributed by atoms with van der Waals surface area (Å²) in [6, 6.07) is 20.5. The van der Waals surface area contributed by atoms with Gasteiger partial charge in [0.25, 0.3) is 5.91 Å². The Labute approximate surface area is 213 Å². The zero-order chi connectivity index (χ0) is 26.2. The highest BCUT2D eigenvalue weighted by Gasteiger charge is 2.32. The quantitative estimate of drug-likeness (QED) is 0.223. The SMILES string of the molecule is Cc1cc(-c2ccc(CN(C(=O)c3cnc4ccccc4n3)c3cccc(F)c3)s2)ccc1C(F)(F)F. The van der Waals surface area contributed by atoms with Crippen LogP contribution in [-0.2, 0) is 12.7 Å². The number of aryl methyl sites for hydroxylation is 1. The largest absolute Gasteiger partial charge is 0.416 e. The molecule has 5 rings (SSSR count). The molecule has 2 heterocycles. The molecule has 0 aliphatic heterocycles. The predicted molar refractivity (Wildman–Crippen MR) is 136 cm³/mol. The second kappa shape index (κ2) is 9.74. The van der Waals surface area contributed by atoms with E-state index in [1.54, 1.807) is 36.4 Å². The maximum absolute atomic E-state index is 14.1. The third-order valence-electron chi connectivity index (χ3n) is 5.82. The molecule has 0 atom stereocenters. The summed E-state index contributed by atoms with van der Waals surface area (Å²) < 4.78 is 53.5. The summed E-state index contributed by atoms with van der Waals surface area (Å²) in [5, 5.41) is 0. The lowest BCUT2D eigenvalue weighted by molar-refractivity contribution is -0.138. The Morgan fingerprint density at radius 3 is 2.46 bits per heavy atom. The van der Waals surface area contributed by atoms with Crippen molar-refractivity contribution < 1.29 is 22.4 Å². The smallest absolute Gasteiger partial charge is 0.302 e. The number of carbonyl (C=O) groups is 1. The molecule has 9 heteroatoms. The van der Waals surface area contributed by atoms with Gasteiger partial charge in [-0.25, -0.2) is 9.37 Å². The number of thiophene rings is 1. The van der Waals surface area contributed by atoms with E-state index in [1.807, 2.05) is 6.07 Å². The number of benzene rings is 3. The van der Waals surface area contributed by atoms with Gasteiger partial charge in [0.05, 0.1) is 29.3 Å². The van der Waals surface area contributed by atoms with Crippen molar-refractivity contribution in [1.82, 2.24) is 9.97 Å². The third kappa shape index (κ3) is 5.22. The van der Waals surface area contributed by atoms with E-state index < -0.39 is 23.5 Å². The summed E-state index contributed by atoms with van der Waals surface area (Å²) in [6.07, 6.45) is -3.03. The van der Waals surface area contributed by atoms with Crippen molar-refractivity contribution in [3.05, 3.63) is 113 Å². The molecule has 0 aliphatic rings.